The average molecular weight is 447 g/mol. The van der Waals surface area contributed by atoms with Crippen LogP contribution in [0.5, 0.6) is 28.7 Å². The fourth-order valence-corrected chi connectivity index (χ4v) is 3.12. The van der Waals surface area contributed by atoms with E-state index in [0.717, 1.165) is 0 Å². The van der Waals surface area contributed by atoms with Gasteiger partial charge < -0.3 is 23.4 Å². The molecule has 1 aromatic heterocycles. The van der Waals surface area contributed by atoms with Gasteiger partial charge in [0.1, 0.15) is 11.5 Å². The van der Waals surface area contributed by atoms with Crippen molar-refractivity contribution in [1.82, 2.24) is 10.2 Å². The predicted octanol–water partition coefficient (Wildman–Crippen LogP) is 4.81. The predicted molar refractivity (Wildman–Crippen MR) is 120 cm³/mol. The molecule has 0 aliphatic heterocycles. The van der Waals surface area contributed by atoms with Crippen molar-refractivity contribution in [3.63, 3.8) is 0 Å². The molecular formula is C24H21N3O6. The fraction of sp³-hybridized carbons (Fsp3) is 0.125. The van der Waals surface area contributed by atoms with E-state index in [9.17, 15) is 4.79 Å². The zero-order valence-corrected chi connectivity index (χ0v) is 18.2. The molecule has 4 rings (SSSR count). The van der Waals surface area contributed by atoms with Crippen LogP contribution < -0.4 is 24.3 Å². The highest BCUT2D eigenvalue weighted by Crippen LogP contribution is 2.41. The molecule has 0 bridgehead atoms. The van der Waals surface area contributed by atoms with Crippen molar-refractivity contribution in [3.05, 3.63) is 72.3 Å². The summed E-state index contributed by atoms with van der Waals surface area (Å²) in [6.07, 6.45) is 0. The minimum atomic E-state index is -0.457. The van der Waals surface area contributed by atoms with E-state index in [1.54, 1.807) is 48.5 Å². The number of benzene rings is 3. The molecule has 1 amide bonds. The smallest absolute Gasteiger partial charge is 0.322 e. The summed E-state index contributed by atoms with van der Waals surface area (Å²) in [7, 11) is 4.53. The number of carbonyl (C=O) groups excluding carboxylic acids is 1. The van der Waals surface area contributed by atoms with Crippen LogP contribution in [0.3, 0.4) is 0 Å². The van der Waals surface area contributed by atoms with Gasteiger partial charge in [0, 0.05) is 5.56 Å². The first kappa shape index (κ1) is 21.7. The van der Waals surface area contributed by atoms with Crippen LogP contribution in [0.2, 0.25) is 0 Å². The molecule has 0 spiro atoms. The highest BCUT2D eigenvalue weighted by Gasteiger charge is 2.19. The highest BCUT2D eigenvalue weighted by molar-refractivity contribution is 6.05. The number of carbonyl (C=O) groups is 1. The summed E-state index contributed by atoms with van der Waals surface area (Å²) in [6.45, 7) is 0. The molecule has 9 nitrogen and oxygen atoms in total. The molecule has 168 valence electrons. The van der Waals surface area contributed by atoms with Crippen molar-refractivity contribution in [1.29, 1.82) is 0 Å². The van der Waals surface area contributed by atoms with Gasteiger partial charge >= 0.3 is 6.01 Å². The minimum absolute atomic E-state index is 0.0711. The van der Waals surface area contributed by atoms with Gasteiger partial charge in [-0.05, 0) is 36.4 Å². The first-order valence-electron chi connectivity index (χ1n) is 9.90. The largest absolute Gasteiger partial charge is 0.493 e. The Hall–Kier alpha value is -4.53. The Morgan fingerprint density at radius 3 is 2.15 bits per heavy atom. The average Bonchev–Trinajstić information content (AvgIpc) is 3.32. The molecule has 0 unspecified atom stereocenters. The van der Waals surface area contributed by atoms with Crippen LogP contribution >= 0.6 is 0 Å². The number of nitrogens with one attached hydrogen (secondary N) is 1. The lowest BCUT2D eigenvalue weighted by Gasteiger charge is -2.12. The first-order chi connectivity index (χ1) is 16.1. The van der Waals surface area contributed by atoms with Crippen molar-refractivity contribution < 1.29 is 28.2 Å². The van der Waals surface area contributed by atoms with Crippen LogP contribution in [-0.4, -0.2) is 37.4 Å². The Morgan fingerprint density at radius 2 is 1.48 bits per heavy atom. The number of ether oxygens (including phenoxy) is 4. The number of methoxy groups -OCH3 is 3. The van der Waals surface area contributed by atoms with Gasteiger partial charge in [-0.25, -0.2) is 0 Å². The number of rotatable bonds is 8. The first-order valence-corrected chi connectivity index (χ1v) is 9.90. The molecule has 1 heterocycles. The van der Waals surface area contributed by atoms with E-state index in [-0.39, 0.29) is 11.9 Å². The topological polar surface area (TPSA) is 105 Å². The Labute approximate surface area is 189 Å². The van der Waals surface area contributed by atoms with E-state index >= 15 is 0 Å². The second-order valence-electron chi connectivity index (χ2n) is 6.69. The minimum Gasteiger partial charge on any atom is -0.493 e. The third kappa shape index (κ3) is 4.72. The summed E-state index contributed by atoms with van der Waals surface area (Å²) in [4.78, 5) is 12.9. The Morgan fingerprint density at radius 1 is 0.818 bits per heavy atom. The summed E-state index contributed by atoms with van der Waals surface area (Å²) in [5, 5.41) is 10.5. The van der Waals surface area contributed by atoms with Gasteiger partial charge in [-0.15, -0.1) is 5.10 Å². The highest BCUT2D eigenvalue weighted by atomic mass is 16.5. The maximum atomic E-state index is 12.9. The molecule has 3 aromatic carbocycles. The molecule has 9 heteroatoms. The van der Waals surface area contributed by atoms with Crippen molar-refractivity contribution in [2.24, 2.45) is 0 Å². The standard InChI is InChI=1S/C24H21N3O6/c1-29-19-13-15(14-20(30-2)21(19)31-3)23-26-27-24(33-23)25-22(28)17-11-7-8-12-18(17)32-16-9-5-4-6-10-16/h4-14H,1-3H3,(H,25,27,28). The van der Waals surface area contributed by atoms with Gasteiger partial charge in [0.25, 0.3) is 5.91 Å². The lowest BCUT2D eigenvalue weighted by molar-refractivity contribution is 0.102. The summed E-state index contributed by atoms with van der Waals surface area (Å²) in [5.41, 5.74) is 0.846. The molecule has 1 N–H and O–H groups in total. The third-order valence-corrected chi connectivity index (χ3v) is 4.66. The van der Waals surface area contributed by atoms with Crippen molar-refractivity contribution >= 4 is 11.9 Å². The van der Waals surface area contributed by atoms with E-state index < -0.39 is 5.91 Å². The van der Waals surface area contributed by atoms with Crippen molar-refractivity contribution in [2.45, 2.75) is 0 Å². The molecule has 0 aliphatic rings. The number of nitrogens with zero attached hydrogens (tertiary/aromatic N) is 2. The van der Waals surface area contributed by atoms with Gasteiger partial charge in [-0.2, -0.15) is 0 Å². The van der Waals surface area contributed by atoms with E-state index in [4.69, 9.17) is 23.4 Å². The maximum Gasteiger partial charge on any atom is 0.322 e. The summed E-state index contributed by atoms with van der Waals surface area (Å²) < 4.78 is 27.5. The van der Waals surface area contributed by atoms with Crippen LogP contribution in [0.4, 0.5) is 6.01 Å². The quantitative estimate of drug-likeness (QED) is 0.410. The Kier molecular flexibility index (Phi) is 6.40. The number of aromatic nitrogens is 2. The second-order valence-corrected chi connectivity index (χ2v) is 6.69. The normalized spacial score (nSPS) is 10.4. The van der Waals surface area contributed by atoms with E-state index in [0.29, 0.717) is 39.9 Å². The number of para-hydroxylation sites is 2. The van der Waals surface area contributed by atoms with E-state index in [2.05, 4.69) is 15.5 Å². The lowest BCUT2D eigenvalue weighted by Crippen LogP contribution is -2.13. The fourth-order valence-electron chi connectivity index (χ4n) is 3.12. The Bertz CT molecular complexity index is 1230. The molecule has 0 fully saturated rings. The van der Waals surface area contributed by atoms with Crippen molar-refractivity contribution in [3.8, 4) is 40.2 Å². The number of hydrogen-bond donors (Lipinski definition) is 1. The number of anilines is 1. The van der Waals surface area contributed by atoms with Crippen LogP contribution in [0, 0.1) is 0 Å². The zero-order chi connectivity index (χ0) is 23.2. The van der Waals surface area contributed by atoms with Gasteiger partial charge in [0.15, 0.2) is 11.5 Å². The summed E-state index contributed by atoms with van der Waals surface area (Å²) >= 11 is 0. The second kappa shape index (κ2) is 9.73. The van der Waals surface area contributed by atoms with Crippen LogP contribution in [0.1, 0.15) is 10.4 Å². The molecule has 33 heavy (non-hydrogen) atoms. The van der Waals surface area contributed by atoms with E-state index in [1.165, 1.54) is 21.3 Å². The molecular weight excluding hydrogens is 426 g/mol. The summed E-state index contributed by atoms with van der Waals surface area (Å²) in [5.74, 6) is 2.02. The number of hydrogen-bond acceptors (Lipinski definition) is 8. The monoisotopic (exact) mass is 447 g/mol. The molecule has 0 saturated heterocycles. The lowest BCUT2D eigenvalue weighted by atomic mass is 10.2. The van der Waals surface area contributed by atoms with Crippen LogP contribution in [-0.2, 0) is 0 Å². The molecule has 0 atom stereocenters. The Balaban J connectivity index is 1.56. The van der Waals surface area contributed by atoms with E-state index in [1.807, 2.05) is 18.2 Å². The molecule has 4 aromatic rings. The molecule has 0 radical (unpaired) electrons. The molecule has 0 saturated carbocycles. The van der Waals surface area contributed by atoms with Gasteiger partial charge in [0.05, 0.1) is 26.9 Å². The van der Waals surface area contributed by atoms with Crippen molar-refractivity contribution in [2.75, 3.05) is 26.6 Å². The van der Waals surface area contributed by atoms with Crippen LogP contribution in [0.15, 0.2) is 71.1 Å². The number of amides is 1. The maximum absolute atomic E-state index is 12.9. The van der Waals surface area contributed by atoms with Gasteiger partial charge in [-0.1, -0.05) is 35.4 Å². The molecule has 0 aliphatic carbocycles. The van der Waals surface area contributed by atoms with Crippen LogP contribution in [0.25, 0.3) is 11.5 Å². The summed E-state index contributed by atoms with van der Waals surface area (Å²) in [6, 6.07) is 19.3. The third-order valence-electron chi connectivity index (χ3n) is 4.66. The SMILES string of the molecule is COc1cc(-c2nnc(NC(=O)c3ccccc3Oc3ccccc3)o2)cc(OC)c1OC. The zero-order valence-electron chi connectivity index (χ0n) is 18.2. The van der Waals surface area contributed by atoms with Gasteiger partial charge in [-0.3, -0.25) is 10.1 Å². The van der Waals surface area contributed by atoms with Gasteiger partial charge in [0.2, 0.25) is 11.6 Å².